The van der Waals surface area contributed by atoms with Crippen LogP contribution in [-0.2, 0) is 10.0 Å². The molecule has 0 unspecified atom stereocenters. The number of sulfonamides is 1. The lowest BCUT2D eigenvalue weighted by molar-refractivity contribution is 0.0692. The predicted molar refractivity (Wildman–Crippen MR) is 64.7 cm³/mol. The molecule has 0 spiro atoms. The number of carbonyl (C=O) groups is 1. The summed E-state index contributed by atoms with van der Waals surface area (Å²) < 4.78 is 23.8. The molecule has 2 heterocycles. The third kappa shape index (κ3) is 2.57. The molecule has 3 N–H and O–H groups in total. The van der Waals surface area contributed by atoms with Crippen molar-refractivity contribution >= 4 is 27.6 Å². The second-order valence-corrected chi connectivity index (χ2v) is 5.31. The van der Waals surface area contributed by atoms with Crippen LogP contribution >= 0.6 is 11.6 Å². The number of aromatic carboxylic acids is 1. The van der Waals surface area contributed by atoms with Crippen molar-refractivity contribution in [2.45, 2.75) is 5.03 Å². The van der Waals surface area contributed by atoms with Crippen LogP contribution in [0.25, 0.3) is 5.82 Å². The number of primary sulfonamides is 1. The van der Waals surface area contributed by atoms with E-state index in [0.717, 1.165) is 10.9 Å². The van der Waals surface area contributed by atoms with Crippen molar-refractivity contribution < 1.29 is 18.3 Å². The molecule has 0 aliphatic rings. The van der Waals surface area contributed by atoms with E-state index in [0.29, 0.717) is 0 Å². The van der Waals surface area contributed by atoms with Gasteiger partial charge in [0.15, 0.2) is 10.8 Å². The number of aromatic nitrogens is 3. The van der Waals surface area contributed by atoms with Crippen LogP contribution in [0, 0.1) is 0 Å². The number of nitrogens with zero attached hydrogens (tertiary/aromatic N) is 3. The first-order chi connectivity index (χ1) is 8.80. The topological polar surface area (TPSA) is 128 Å². The van der Waals surface area contributed by atoms with Gasteiger partial charge < -0.3 is 5.11 Å². The summed E-state index contributed by atoms with van der Waals surface area (Å²) in [6.45, 7) is 0. The van der Waals surface area contributed by atoms with E-state index in [1.807, 2.05) is 0 Å². The molecule has 0 aromatic carbocycles. The van der Waals surface area contributed by atoms with Gasteiger partial charge in [0.2, 0.25) is 0 Å². The van der Waals surface area contributed by atoms with Crippen LogP contribution in [-0.4, -0.2) is 34.3 Å². The van der Waals surface area contributed by atoms with Crippen molar-refractivity contribution in [1.29, 1.82) is 0 Å². The Bertz CT molecular complexity index is 755. The summed E-state index contributed by atoms with van der Waals surface area (Å²) in [5.41, 5.74) is -0.538. The normalized spacial score (nSPS) is 11.5. The monoisotopic (exact) mass is 302 g/mol. The van der Waals surface area contributed by atoms with Crippen LogP contribution in [0.3, 0.4) is 0 Å². The van der Waals surface area contributed by atoms with Gasteiger partial charge in [0.05, 0.1) is 6.20 Å². The summed E-state index contributed by atoms with van der Waals surface area (Å²) in [5.74, 6) is -1.42. The van der Waals surface area contributed by atoms with Crippen molar-refractivity contribution in [2.75, 3.05) is 0 Å². The molecule has 0 aliphatic carbocycles. The Morgan fingerprint density at radius 3 is 2.63 bits per heavy atom. The Morgan fingerprint density at radius 2 is 2.11 bits per heavy atom. The zero-order chi connectivity index (χ0) is 14.2. The van der Waals surface area contributed by atoms with Crippen LogP contribution < -0.4 is 5.14 Å². The number of carboxylic acids is 1. The highest BCUT2D eigenvalue weighted by Crippen LogP contribution is 2.18. The van der Waals surface area contributed by atoms with Gasteiger partial charge in [-0.15, -0.1) is 0 Å². The van der Waals surface area contributed by atoms with Gasteiger partial charge in [0.25, 0.3) is 10.0 Å². The third-order valence-electron chi connectivity index (χ3n) is 2.14. The van der Waals surface area contributed by atoms with E-state index in [9.17, 15) is 13.2 Å². The molecule has 0 saturated carbocycles. The van der Waals surface area contributed by atoms with Gasteiger partial charge in [-0.1, -0.05) is 17.7 Å². The Balaban J connectivity index is 2.76. The molecule has 0 aliphatic heterocycles. The quantitative estimate of drug-likeness (QED) is 0.783. The van der Waals surface area contributed by atoms with E-state index in [2.05, 4.69) is 10.1 Å². The van der Waals surface area contributed by atoms with Crippen LogP contribution in [0.5, 0.6) is 0 Å². The van der Waals surface area contributed by atoms with Crippen LogP contribution in [0.2, 0.25) is 5.15 Å². The highest BCUT2D eigenvalue weighted by molar-refractivity contribution is 7.89. The van der Waals surface area contributed by atoms with Gasteiger partial charge in [-0.05, 0) is 12.1 Å². The Labute approximate surface area is 112 Å². The first kappa shape index (κ1) is 13.5. The van der Waals surface area contributed by atoms with Crippen LogP contribution in [0.1, 0.15) is 10.4 Å². The molecule has 0 bridgehead atoms. The summed E-state index contributed by atoms with van der Waals surface area (Å²) in [5, 5.41) is 17.0. The largest absolute Gasteiger partial charge is 0.478 e. The van der Waals surface area contributed by atoms with E-state index in [4.69, 9.17) is 21.8 Å². The van der Waals surface area contributed by atoms with E-state index in [1.165, 1.54) is 18.2 Å². The fraction of sp³-hybridized carbons (Fsp3) is 0. The average molecular weight is 303 g/mol. The zero-order valence-corrected chi connectivity index (χ0v) is 10.8. The lowest BCUT2D eigenvalue weighted by Crippen LogP contribution is -2.20. The van der Waals surface area contributed by atoms with E-state index in [1.54, 1.807) is 0 Å². The molecule has 0 saturated heterocycles. The molecule has 2 aromatic rings. The molecule has 0 atom stereocenters. The summed E-state index contributed by atoms with van der Waals surface area (Å²) in [4.78, 5) is 14.8. The van der Waals surface area contributed by atoms with Crippen molar-refractivity contribution in [3.05, 3.63) is 35.1 Å². The maximum absolute atomic E-state index is 11.5. The molecule has 100 valence electrons. The lowest BCUT2D eigenvalue weighted by Gasteiger charge is -2.05. The summed E-state index contributed by atoms with van der Waals surface area (Å²) in [6, 6.07) is 4.40. The van der Waals surface area contributed by atoms with Gasteiger partial charge in [0.1, 0.15) is 10.7 Å². The van der Waals surface area contributed by atoms with Crippen molar-refractivity contribution in [3.63, 3.8) is 0 Å². The number of rotatable bonds is 3. The summed E-state index contributed by atoms with van der Waals surface area (Å²) in [6.07, 6.45) is 0.880. The number of carboxylic acid groups (broad SMARTS) is 1. The number of halogens is 1. The minimum absolute atomic E-state index is 0.0454. The SMILES string of the molecule is NS(=O)(=O)c1c(C(=O)O)cnn1-c1cccc(Cl)n1. The van der Waals surface area contributed by atoms with Crippen molar-refractivity contribution in [1.82, 2.24) is 14.8 Å². The molecule has 2 aromatic heterocycles. The average Bonchev–Trinajstić information content (AvgIpc) is 2.73. The molecular weight excluding hydrogens is 296 g/mol. The van der Waals surface area contributed by atoms with Gasteiger partial charge in [0, 0.05) is 0 Å². The number of hydrogen-bond donors (Lipinski definition) is 2. The molecular formula is C9H7ClN4O4S. The van der Waals surface area contributed by atoms with E-state index in [-0.39, 0.29) is 11.0 Å². The number of hydrogen-bond acceptors (Lipinski definition) is 5. The smallest absolute Gasteiger partial charge is 0.340 e. The summed E-state index contributed by atoms with van der Waals surface area (Å²) >= 11 is 5.68. The molecule has 0 amide bonds. The van der Waals surface area contributed by atoms with Gasteiger partial charge in [-0.25, -0.2) is 28.0 Å². The van der Waals surface area contributed by atoms with E-state index >= 15 is 0 Å². The second kappa shape index (κ2) is 4.61. The van der Waals surface area contributed by atoms with Gasteiger partial charge in [-0.3, -0.25) is 0 Å². The maximum Gasteiger partial charge on any atom is 0.340 e. The standard InChI is InChI=1S/C9H7ClN4O4S/c10-6-2-1-3-7(13-6)14-8(19(11,17)18)5(4-12-14)9(15)16/h1-4H,(H,15,16)(H2,11,17,18). The van der Waals surface area contributed by atoms with Crippen LogP contribution in [0.4, 0.5) is 0 Å². The fourth-order valence-electron chi connectivity index (χ4n) is 1.44. The molecule has 10 heteroatoms. The Morgan fingerprint density at radius 1 is 1.42 bits per heavy atom. The van der Waals surface area contributed by atoms with Gasteiger partial charge in [-0.2, -0.15) is 5.10 Å². The molecule has 2 rings (SSSR count). The molecule has 0 fully saturated rings. The molecule has 19 heavy (non-hydrogen) atoms. The Hall–Kier alpha value is -1.97. The third-order valence-corrected chi connectivity index (χ3v) is 3.28. The minimum atomic E-state index is -4.29. The van der Waals surface area contributed by atoms with Gasteiger partial charge >= 0.3 is 5.97 Å². The van der Waals surface area contributed by atoms with Crippen molar-refractivity contribution in [3.8, 4) is 5.82 Å². The highest BCUT2D eigenvalue weighted by atomic mass is 35.5. The van der Waals surface area contributed by atoms with E-state index < -0.39 is 26.6 Å². The molecule has 8 nitrogen and oxygen atoms in total. The number of pyridine rings is 1. The minimum Gasteiger partial charge on any atom is -0.478 e. The first-order valence-corrected chi connectivity index (χ1v) is 6.70. The van der Waals surface area contributed by atoms with Crippen LogP contribution in [0.15, 0.2) is 29.4 Å². The first-order valence-electron chi connectivity index (χ1n) is 4.78. The zero-order valence-electron chi connectivity index (χ0n) is 9.19. The second-order valence-electron chi connectivity index (χ2n) is 3.44. The molecule has 0 radical (unpaired) electrons. The van der Waals surface area contributed by atoms with Crippen molar-refractivity contribution in [2.24, 2.45) is 5.14 Å². The fourth-order valence-corrected chi connectivity index (χ4v) is 2.42. The highest BCUT2D eigenvalue weighted by Gasteiger charge is 2.26. The predicted octanol–water partition coefficient (Wildman–Crippen LogP) is 0.266. The summed E-state index contributed by atoms with van der Waals surface area (Å²) in [7, 11) is -4.29. The number of nitrogens with two attached hydrogens (primary N) is 1. The Kier molecular flexibility index (Phi) is 3.27. The maximum atomic E-state index is 11.5. The lowest BCUT2D eigenvalue weighted by atomic mass is 10.4.